The fourth-order valence-electron chi connectivity index (χ4n) is 3.04. The SMILES string of the molecule is O=C(OCc1nc2ccccc2o1)c1ccnc(C(=O)OCc2nc3ccccc3o2)c1. The van der Waals surface area contributed by atoms with Gasteiger partial charge in [-0.15, -0.1) is 0 Å². The van der Waals surface area contributed by atoms with Gasteiger partial charge in [0.25, 0.3) is 0 Å². The fourth-order valence-corrected chi connectivity index (χ4v) is 3.04. The fraction of sp³-hybridized carbons (Fsp3) is 0.0870. The average Bonchev–Trinajstić information content (AvgIpc) is 3.44. The first-order valence-corrected chi connectivity index (χ1v) is 9.65. The zero-order valence-electron chi connectivity index (χ0n) is 16.6. The van der Waals surface area contributed by atoms with Gasteiger partial charge in [-0.2, -0.15) is 0 Å². The van der Waals surface area contributed by atoms with Gasteiger partial charge in [-0.05, 0) is 36.4 Å². The number of benzene rings is 2. The van der Waals surface area contributed by atoms with Gasteiger partial charge in [-0.25, -0.2) is 24.5 Å². The first-order valence-electron chi connectivity index (χ1n) is 9.65. The van der Waals surface area contributed by atoms with E-state index < -0.39 is 11.9 Å². The number of hydrogen-bond donors (Lipinski definition) is 0. The maximum absolute atomic E-state index is 12.4. The van der Waals surface area contributed by atoms with Crippen molar-refractivity contribution in [2.45, 2.75) is 13.2 Å². The van der Waals surface area contributed by atoms with Crippen LogP contribution in [0.25, 0.3) is 22.2 Å². The highest BCUT2D eigenvalue weighted by Crippen LogP contribution is 2.17. The van der Waals surface area contributed by atoms with Gasteiger partial charge >= 0.3 is 11.9 Å². The highest BCUT2D eigenvalue weighted by Gasteiger charge is 2.16. The summed E-state index contributed by atoms with van der Waals surface area (Å²) in [4.78, 5) is 37.2. The standard InChI is InChI=1S/C23H15N3O6/c27-22(29-12-20-25-15-5-1-3-7-18(15)31-20)14-9-10-24-17(11-14)23(28)30-13-21-26-16-6-2-4-8-19(16)32-21/h1-11H,12-13H2. The first-order chi connectivity index (χ1) is 15.7. The van der Waals surface area contributed by atoms with E-state index in [1.807, 2.05) is 24.3 Å². The molecule has 0 aliphatic carbocycles. The van der Waals surface area contributed by atoms with Crippen molar-refractivity contribution in [3.63, 3.8) is 0 Å². The lowest BCUT2D eigenvalue weighted by molar-refractivity contribution is 0.0431. The molecule has 0 aliphatic rings. The summed E-state index contributed by atoms with van der Waals surface area (Å²) in [5, 5.41) is 0. The highest BCUT2D eigenvalue weighted by molar-refractivity contribution is 5.93. The van der Waals surface area contributed by atoms with Crippen molar-refractivity contribution in [3.05, 3.63) is 89.9 Å². The molecule has 9 nitrogen and oxygen atoms in total. The van der Waals surface area contributed by atoms with Gasteiger partial charge < -0.3 is 18.3 Å². The van der Waals surface area contributed by atoms with Crippen LogP contribution < -0.4 is 0 Å². The van der Waals surface area contributed by atoms with E-state index in [-0.39, 0.29) is 36.3 Å². The molecule has 0 aliphatic heterocycles. The zero-order chi connectivity index (χ0) is 21.9. The quantitative estimate of drug-likeness (QED) is 0.368. The number of oxazole rings is 2. The lowest BCUT2D eigenvalue weighted by Gasteiger charge is -2.05. The molecule has 3 heterocycles. The minimum absolute atomic E-state index is 0.0441. The largest absolute Gasteiger partial charge is 0.452 e. The molecule has 2 aromatic carbocycles. The zero-order valence-corrected chi connectivity index (χ0v) is 16.6. The van der Waals surface area contributed by atoms with E-state index in [0.717, 1.165) is 0 Å². The summed E-state index contributed by atoms with van der Waals surface area (Å²) in [6, 6.07) is 17.2. The number of nitrogens with zero attached hydrogens (tertiary/aromatic N) is 3. The van der Waals surface area contributed by atoms with Gasteiger partial charge in [0.15, 0.2) is 24.4 Å². The first kappa shape index (κ1) is 19.4. The lowest BCUT2D eigenvalue weighted by atomic mass is 10.2. The van der Waals surface area contributed by atoms with Crippen LogP contribution in [-0.2, 0) is 22.7 Å². The second-order valence-corrected chi connectivity index (χ2v) is 6.73. The van der Waals surface area contributed by atoms with Gasteiger partial charge in [0.2, 0.25) is 11.8 Å². The van der Waals surface area contributed by atoms with Crippen molar-refractivity contribution in [1.82, 2.24) is 15.0 Å². The third kappa shape index (κ3) is 4.04. The normalized spacial score (nSPS) is 11.0. The van der Waals surface area contributed by atoms with E-state index in [4.69, 9.17) is 18.3 Å². The third-order valence-corrected chi connectivity index (χ3v) is 4.53. The molecule has 0 spiro atoms. The van der Waals surface area contributed by atoms with E-state index in [2.05, 4.69) is 15.0 Å². The van der Waals surface area contributed by atoms with Gasteiger partial charge in [0, 0.05) is 6.20 Å². The Labute approximate surface area is 180 Å². The van der Waals surface area contributed by atoms with Crippen LogP contribution in [0, 0.1) is 0 Å². The Morgan fingerprint density at radius 2 is 1.31 bits per heavy atom. The number of ether oxygens (including phenoxy) is 2. The molecule has 0 amide bonds. The smallest absolute Gasteiger partial charge is 0.357 e. The highest BCUT2D eigenvalue weighted by atomic mass is 16.5. The molecule has 5 rings (SSSR count). The van der Waals surface area contributed by atoms with Gasteiger partial charge in [-0.3, -0.25) is 0 Å². The van der Waals surface area contributed by atoms with Gasteiger partial charge in [0.05, 0.1) is 5.56 Å². The summed E-state index contributed by atoms with van der Waals surface area (Å²) in [5.74, 6) is -0.844. The van der Waals surface area contributed by atoms with Crippen LogP contribution in [0.2, 0.25) is 0 Å². The van der Waals surface area contributed by atoms with Crippen molar-refractivity contribution < 1.29 is 27.9 Å². The number of fused-ring (bicyclic) bond motifs is 2. The van der Waals surface area contributed by atoms with E-state index in [0.29, 0.717) is 22.2 Å². The minimum atomic E-state index is -0.721. The Kier molecular flexibility index (Phi) is 5.04. The van der Waals surface area contributed by atoms with Crippen LogP contribution in [0.15, 0.2) is 75.7 Å². The lowest BCUT2D eigenvalue weighted by Crippen LogP contribution is -2.11. The Morgan fingerprint density at radius 3 is 1.91 bits per heavy atom. The molecule has 0 saturated carbocycles. The van der Waals surface area contributed by atoms with Crippen LogP contribution in [0.4, 0.5) is 0 Å². The number of rotatable bonds is 6. The summed E-state index contributed by atoms with van der Waals surface area (Å²) in [6.07, 6.45) is 1.33. The Hall–Kier alpha value is -4.53. The Balaban J connectivity index is 1.21. The monoisotopic (exact) mass is 429 g/mol. The van der Waals surface area contributed by atoms with Crippen LogP contribution in [0.1, 0.15) is 32.6 Å². The Morgan fingerprint density at radius 1 is 0.750 bits per heavy atom. The summed E-state index contributed by atoms with van der Waals surface area (Å²) >= 11 is 0. The van der Waals surface area contributed by atoms with Crippen molar-refractivity contribution in [1.29, 1.82) is 0 Å². The molecule has 0 N–H and O–H groups in total. The molecule has 0 radical (unpaired) electrons. The number of carbonyl (C=O) groups is 2. The molecule has 0 bridgehead atoms. The van der Waals surface area contributed by atoms with Crippen LogP contribution in [0.3, 0.4) is 0 Å². The molecular weight excluding hydrogens is 414 g/mol. The molecule has 32 heavy (non-hydrogen) atoms. The van der Waals surface area contributed by atoms with Crippen LogP contribution in [0.5, 0.6) is 0 Å². The molecule has 5 aromatic rings. The van der Waals surface area contributed by atoms with Crippen molar-refractivity contribution in [3.8, 4) is 0 Å². The van der Waals surface area contributed by atoms with E-state index >= 15 is 0 Å². The number of pyridine rings is 1. The van der Waals surface area contributed by atoms with E-state index in [1.54, 1.807) is 24.3 Å². The van der Waals surface area contributed by atoms with Crippen LogP contribution >= 0.6 is 0 Å². The minimum Gasteiger partial charge on any atom is -0.452 e. The molecular formula is C23H15N3O6. The molecule has 158 valence electrons. The van der Waals surface area contributed by atoms with Crippen molar-refractivity contribution in [2.24, 2.45) is 0 Å². The van der Waals surface area contributed by atoms with Crippen molar-refractivity contribution in [2.75, 3.05) is 0 Å². The van der Waals surface area contributed by atoms with E-state index in [1.165, 1.54) is 18.3 Å². The Bertz CT molecular complexity index is 1270. The molecule has 0 atom stereocenters. The predicted molar refractivity (Wildman–Crippen MR) is 110 cm³/mol. The van der Waals surface area contributed by atoms with Gasteiger partial charge in [-0.1, -0.05) is 24.3 Å². The molecule has 0 saturated heterocycles. The molecule has 0 fully saturated rings. The second-order valence-electron chi connectivity index (χ2n) is 6.73. The molecule has 3 aromatic heterocycles. The van der Waals surface area contributed by atoms with Gasteiger partial charge in [0.1, 0.15) is 16.7 Å². The molecule has 9 heteroatoms. The summed E-state index contributed by atoms with van der Waals surface area (Å²) in [5.41, 5.74) is 2.64. The maximum atomic E-state index is 12.4. The summed E-state index contributed by atoms with van der Waals surface area (Å²) in [7, 11) is 0. The summed E-state index contributed by atoms with van der Waals surface area (Å²) < 4.78 is 21.5. The second kappa shape index (κ2) is 8.31. The predicted octanol–water partition coefficient (Wildman–Crippen LogP) is 4.08. The third-order valence-electron chi connectivity index (χ3n) is 4.53. The number of carbonyl (C=O) groups excluding carboxylic acids is 2. The average molecular weight is 429 g/mol. The summed E-state index contributed by atoms with van der Waals surface area (Å²) in [6.45, 7) is -0.311. The maximum Gasteiger partial charge on any atom is 0.357 e. The number of aromatic nitrogens is 3. The topological polar surface area (TPSA) is 118 Å². The van der Waals surface area contributed by atoms with Crippen LogP contribution in [-0.4, -0.2) is 26.9 Å². The number of para-hydroxylation sites is 4. The van der Waals surface area contributed by atoms with E-state index in [9.17, 15) is 9.59 Å². The number of esters is 2. The van der Waals surface area contributed by atoms with Crippen molar-refractivity contribution >= 4 is 34.1 Å². The number of hydrogen-bond acceptors (Lipinski definition) is 9. The molecule has 0 unspecified atom stereocenters.